The lowest BCUT2D eigenvalue weighted by atomic mass is 9.82. The molecule has 0 amide bonds. The van der Waals surface area contributed by atoms with E-state index in [9.17, 15) is 9.59 Å². The minimum Gasteiger partial charge on any atom is -0.481 e. The molecule has 0 fully saturated rings. The van der Waals surface area contributed by atoms with Gasteiger partial charge in [0.15, 0.2) is 0 Å². The largest absolute Gasteiger partial charge is 0.481 e. The summed E-state index contributed by atoms with van der Waals surface area (Å²) in [5, 5.41) is 17.2. The van der Waals surface area contributed by atoms with Gasteiger partial charge in [-0.05, 0) is 72.1 Å². The molecule has 2 N–H and O–H groups in total. The molecule has 28 heavy (non-hydrogen) atoms. The molecule has 1 unspecified atom stereocenters. The van der Waals surface area contributed by atoms with Crippen LogP contribution in [0.2, 0.25) is 0 Å². The van der Waals surface area contributed by atoms with Crippen LogP contribution >= 0.6 is 0 Å². The van der Waals surface area contributed by atoms with Gasteiger partial charge in [0.2, 0.25) is 0 Å². The van der Waals surface area contributed by atoms with Gasteiger partial charge in [-0.1, -0.05) is 47.9 Å². The third kappa shape index (κ3) is 20.2. The molecule has 0 radical (unpaired) electrons. The standard InChI is InChI=1S/2C12H20O2/c1-10(2)6-4-7-11(3)8-5-9-12(13)14;1-5-12(4,9-11(13)14)8-6-7-10(2)3/h6,8H,4-5,7,9H2,1-3H3,(H,13,14);5,7H,1,6,8-9H2,2-4H3,(H,13,14)/b11-8+;. The SMILES string of the molecule is C=CC(C)(CCC=C(C)C)CC(=O)O.CC(C)=CCC/C(C)=C/CCC(=O)O. The summed E-state index contributed by atoms with van der Waals surface area (Å²) >= 11 is 0. The molecule has 0 aliphatic heterocycles. The average molecular weight is 393 g/mol. The lowest BCUT2D eigenvalue weighted by Gasteiger charge is -2.22. The van der Waals surface area contributed by atoms with Crippen molar-refractivity contribution >= 4 is 11.9 Å². The summed E-state index contributed by atoms with van der Waals surface area (Å²) in [7, 11) is 0. The summed E-state index contributed by atoms with van der Waals surface area (Å²) in [4.78, 5) is 20.9. The summed E-state index contributed by atoms with van der Waals surface area (Å²) in [5.41, 5.74) is 3.61. The monoisotopic (exact) mass is 392 g/mol. The molecular formula is C24H40O4. The summed E-state index contributed by atoms with van der Waals surface area (Å²) in [6, 6.07) is 0. The van der Waals surface area contributed by atoms with Crippen LogP contribution in [0.3, 0.4) is 0 Å². The minimum absolute atomic E-state index is 0.160. The van der Waals surface area contributed by atoms with Crippen molar-refractivity contribution in [1.29, 1.82) is 0 Å². The zero-order valence-corrected chi connectivity index (χ0v) is 18.7. The summed E-state index contributed by atoms with van der Waals surface area (Å²) in [6.07, 6.45) is 13.0. The number of aliphatic carboxylic acids is 2. The molecule has 0 saturated carbocycles. The third-order valence-electron chi connectivity index (χ3n) is 4.26. The van der Waals surface area contributed by atoms with Crippen LogP contribution in [0.15, 0.2) is 47.6 Å². The summed E-state index contributed by atoms with van der Waals surface area (Å²) in [5.74, 6) is -1.48. The fourth-order valence-electron chi connectivity index (χ4n) is 2.43. The van der Waals surface area contributed by atoms with Crippen molar-refractivity contribution in [2.75, 3.05) is 0 Å². The van der Waals surface area contributed by atoms with Crippen LogP contribution < -0.4 is 0 Å². The van der Waals surface area contributed by atoms with Crippen molar-refractivity contribution in [1.82, 2.24) is 0 Å². The van der Waals surface area contributed by atoms with Crippen molar-refractivity contribution in [2.24, 2.45) is 5.41 Å². The van der Waals surface area contributed by atoms with Gasteiger partial charge in [-0.25, -0.2) is 0 Å². The van der Waals surface area contributed by atoms with Crippen LogP contribution in [0.4, 0.5) is 0 Å². The molecule has 0 spiro atoms. The van der Waals surface area contributed by atoms with Gasteiger partial charge in [0, 0.05) is 6.42 Å². The number of carbonyl (C=O) groups is 2. The van der Waals surface area contributed by atoms with E-state index in [0.717, 1.165) is 25.7 Å². The molecule has 0 aliphatic carbocycles. The molecule has 0 aromatic carbocycles. The zero-order valence-electron chi connectivity index (χ0n) is 18.7. The first-order valence-corrected chi connectivity index (χ1v) is 9.91. The molecule has 0 aliphatic rings. The van der Waals surface area contributed by atoms with Crippen molar-refractivity contribution in [3.05, 3.63) is 47.6 Å². The van der Waals surface area contributed by atoms with E-state index in [1.807, 2.05) is 26.8 Å². The van der Waals surface area contributed by atoms with Crippen LogP contribution in [0.1, 0.15) is 86.5 Å². The first-order chi connectivity index (χ1) is 12.9. The maximum Gasteiger partial charge on any atom is 0.304 e. The second kappa shape index (κ2) is 15.9. The number of allylic oxidation sites excluding steroid dienone is 7. The van der Waals surface area contributed by atoms with Crippen LogP contribution in [-0.2, 0) is 9.59 Å². The molecule has 0 saturated heterocycles. The van der Waals surface area contributed by atoms with E-state index < -0.39 is 11.9 Å². The Labute approximate surface area is 171 Å². The molecule has 0 aromatic rings. The third-order valence-corrected chi connectivity index (χ3v) is 4.26. The van der Waals surface area contributed by atoms with Crippen LogP contribution in [0.5, 0.6) is 0 Å². The first kappa shape index (κ1) is 28.1. The van der Waals surface area contributed by atoms with Crippen LogP contribution in [0.25, 0.3) is 0 Å². The summed E-state index contributed by atoms with van der Waals surface area (Å²) in [6.45, 7) is 16.0. The van der Waals surface area contributed by atoms with Gasteiger partial charge in [-0.15, -0.1) is 6.58 Å². The highest BCUT2D eigenvalue weighted by atomic mass is 16.4. The molecule has 4 heteroatoms. The van der Waals surface area contributed by atoms with E-state index in [4.69, 9.17) is 10.2 Å². The van der Waals surface area contributed by atoms with Gasteiger partial charge in [0.05, 0.1) is 6.42 Å². The molecule has 0 aromatic heterocycles. The molecule has 0 rings (SSSR count). The quantitative estimate of drug-likeness (QED) is 0.353. The van der Waals surface area contributed by atoms with Gasteiger partial charge < -0.3 is 10.2 Å². The highest BCUT2D eigenvalue weighted by molar-refractivity contribution is 5.68. The smallest absolute Gasteiger partial charge is 0.304 e. The minimum atomic E-state index is -0.760. The fourth-order valence-corrected chi connectivity index (χ4v) is 2.43. The Morgan fingerprint density at radius 3 is 1.75 bits per heavy atom. The van der Waals surface area contributed by atoms with Gasteiger partial charge in [0.1, 0.15) is 0 Å². The Balaban J connectivity index is 0. The fraction of sp³-hybridized carbons (Fsp3) is 0.583. The highest BCUT2D eigenvalue weighted by Crippen LogP contribution is 2.29. The van der Waals surface area contributed by atoms with E-state index in [0.29, 0.717) is 6.42 Å². The Hall–Kier alpha value is -2.10. The van der Waals surface area contributed by atoms with Crippen LogP contribution in [-0.4, -0.2) is 22.2 Å². The second-order valence-corrected chi connectivity index (χ2v) is 8.05. The number of hydrogen-bond donors (Lipinski definition) is 2. The lowest BCUT2D eigenvalue weighted by Crippen LogP contribution is -2.17. The Bertz CT molecular complexity index is 573. The number of carboxylic acids is 2. The number of hydrogen-bond acceptors (Lipinski definition) is 2. The van der Waals surface area contributed by atoms with Crippen molar-refractivity contribution < 1.29 is 19.8 Å². The van der Waals surface area contributed by atoms with Gasteiger partial charge >= 0.3 is 11.9 Å². The van der Waals surface area contributed by atoms with Gasteiger partial charge in [-0.3, -0.25) is 9.59 Å². The molecule has 4 nitrogen and oxygen atoms in total. The van der Waals surface area contributed by atoms with E-state index in [1.165, 1.54) is 16.7 Å². The maximum atomic E-state index is 10.6. The van der Waals surface area contributed by atoms with E-state index in [2.05, 4.69) is 39.5 Å². The predicted octanol–water partition coefficient (Wildman–Crippen LogP) is 6.94. The Morgan fingerprint density at radius 1 is 0.821 bits per heavy atom. The zero-order chi connectivity index (χ0) is 22.2. The predicted molar refractivity (Wildman–Crippen MR) is 119 cm³/mol. The number of rotatable bonds is 12. The summed E-state index contributed by atoms with van der Waals surface area (Å²) < 4.78 is 0. The van der Waals surface area contributed by atoms with Gasteiger partial charge in [0.25, 0.3) is 0 Å². The Morgan fingerprint density at radius 2 is 1.32 bits per heavy atom. The molecule has 0 bridgehead atoms. The van der Waals surface area contributed by atoms with Crippen LogP contribution in [0, 0.1) is 5.41 Å². The van der Waals surface area contributed by atoms with E-state index in [1.54, 1.807) is 6.08 Å². The normalized spacial score (nSPS) is 12.7. The van der Waals surface area contributed by atoms with Crippen molar-refractivity contribution in [2.45, 2.75) is 86.5 Å². The highest BCUT2D eigenvalue weighted by Gasteiger charge is 2.22. The molecule has 1 atom stereocenters. The average Bonchev–Trinajstić information content (AvgIpc) is 2.53. The topological polar surface area (TPSA) is 74.6 Å². The van der Waals surface area contributed by atoms with Crippen molar-refractivity contribution in [3.63, 3.8) is 0 Å². The maximum absolute atomic E-state index is 10.6. The Kier molecular flexibility index (Phi) is 16.0. The van der Waals surface area contributed by atoms with Gasteiger partial charge in [-0.2, -0.15) is 0 Å². The van der Waals surface area contributed by atoms with E-state index >= 15 is 0 Å². The van der Waals surface area contributed by atoms with E-state index in [-0.39, 0.29) is 18.3 Å². The first-order valence-electron chi connectivity index (χ1n) is 9.91. The number of carboxylic acid groups (broad SMARTS) is 2. The molecule has 0 heterocycles. The molecule has 160 valence electrons. The lowest BCUT2D eigenvalue weighted by molar-refractivity contribution is -0.139. The van der Waals surface area contributed by atoms with Crippen molar-refractivity contribution in [3.8, 4) is 0 Å². The molecular weight excluding hydrogens is 352 g/mol. The second-order valence-electron chi connectivity index (χ2n) is 8.05.